The molecule has 0 unspecified atom stereocenters. The van der Waals surface area contributed by atoms with Crippen LogP contribution < -0.4 is 9.47 Å². The van der Waals surface area contributed by atoms with Crippen molar-refractivity contribution in [2.45, 2.75) is 48.1 Å². The summed E-state index contributed by atoms with van der Waals surface area (Å²) >= 11 is 0. The third-order valence-electron chi connectivity index (χ3n) is 5.15. The second-order valence-corrected chi connectivity index (χ2v) is 7.61. The number of aromatic nitrogens is 4. The summed E-state index contributed by atoms with van der Waals surface area (Å²) in [5, 5.41) is 0. The first-order valence-corrected chi connectivity index (χ1v) is 10.3. The van der Waals surface area contributed by atoms with Gasteiger partial charge in [0.1, 0.15) is 6.61 Å². The van der Waals surface area contributed by atoms with Crippen molar-refractivity contribution in [1.82, 2.24) is 19.9 Å². The molecule has 9 heteroatoms. The number of benzene rings is 1. The first kappa shape index (κ1) is 23.8. The molecule has 0 N–H and O–H groups in total. The molecule has 0 spiro atoms. The van der Waals surface area contributed by atoms with Crippen LogP contribution in [0.1, 0.15) is 60.7 Å². The first-order valence-electron chi connectivity index (χ1n) is 10.3. The molecule has 0 aliphatic rings. The van der Waals surface area contributed by atoms with Gasteiger partial charge in [-0.1, -0.05) is 6.07 Å². The van der Waals surface area contributed by atoms with E-state index in [9.17, 15) is 9.59 Å². The molecule has 0 aliphatic heterocycles. The van der Waals surface area contributed by atoms with Crippen LogP contribution in [0, 0.1) is 41.5 Å². The highest BCUT2D eigenvalue weighted by Crippen LogP contribution is 2.29. The number of hydrogen-bond donors (Lipinski definition) is 0. The maximum Gasteiger partial charge on any atom is 0.364 e. The molecule has 0 saturated carbocycles. The third kappa shape index (κ3) is 5.31. The summed E-state index contributed by atoms with van der Waals surface area (Å²) < 4.78 is 16.3. The number of esters is 2. The van der Waals surface area contributed by atoms with E-state index in [1.165, 1.54) is 7.11 Å². The molecule has 0 aliphatic carbocycles. The van der Waals surface area contributed by atoms with E-state index in [1.54, 1.807) is 45.9 Å². The minimum Gasteiger partial charge on any atom is -0.493 e. The molecule has 0 amide bonds. The van der Waals surface area contributed by atoms with Crippen LogP contribution in [0.25, 0.3) is 0 Å². The van der Waals surface area contributed by atoms with Gasteiger partial charge in [-0.05, 0) is 59.2 Å². The Bertz CT molecular complexity index is 1240. The Morgan fingerprint density at radius 3 is 1.76 bits per heavy atom. The zero-order valence-corrected chi connectivity index (χ0v) is 19.8. The van der Waals surface area contributed by atoms with Crippen LogP contribution in [0.3, 0.4) is 0 Å². The van der Waals surface area contributed by atoms with Crippen molar-refractivity contribution in [2.24, 2.45) is 0 Å². The van der Waals surface area contributed by atoms with E-state index in [4.69, 9.17) is 14.2 Å². The van der Waals surface area contributed by atoms with Gasteiger partial charge in [0.15, 0.2) is 22.9 Å². The van der Waals surface area contributed by atoms with Crippen molar-refractivity contribution in [3.63, 3.8) is 0 Å². The lowest BCUT2D eigenvalue weighted by Gasteiger charge is -2.13. The van der Waals surface area contributed by atoms with Crippen molar-refractivity contribution in [1.29, 1.82) is 0 Å². The molecule has 172 valence electrons. The van der Waals surface area contributed by atoms with E-state index in [1.807, 2.05) is 13.8 Å². The van der Waals surface area contributed by atoms with E-state index in [0.717, 1.165) is 11.4 Å². The highest BCUT2D eigenvalue weighted by molar-refractivity contribution is 5.90. The number of carbonyl (C=O) groups is 2. The van der Waals surface area contributed by atoms with Crippen LogP contribution in [-0.2, 0) is 11.3 Å². The highest BCUT2D eigenvalue weighted by atomic mass is 16.6. The molecule has 3 aromatic rings. The highest BCUT2D eigenvalue weighted by Gasteiger charge is 2.19. The topological polar surface area (TPSA) is 113 Å². The van der Waals surface area contributed by atoms with E-state index in [-0.39, 0.29) is 23.7 Å². The molecule has 2 heterocycles. The SMILES string of the molecule is COc1cc(COC(=O)c2nc(C)c(C)nc2C)ccc1OC(=O)c1nc(C)c(C)nc1C. The van der Waals surface area contributed by atoms with Gasteiger partial charge in [-0.2, -0.15) is 0 Å². The number of ether oxygens (including phenoxy) is 3. The maximum atomic E-state index is 12.6. The van der Waals surface area contributed by atoms with Gasteiger partial charge in [0.25, 0.3) is 0 Å². The summed E-state index contributed by atoms with van der Waals surface area (Å²) in [5.74, 6) is -0.674. The fraction of sp³-hybridized carbons (Fsp3) is 0.333. The minimum atomic E-state index is -0.635. The van der Waals surface area contributed by atoms with Crippen LogP contribution in [0.4, 0.5) is 0 Å². The standard InChI is InChI=1S/C24H26N4O5/c1-12-14(3)27-21(16(5)25-12)23(29)32-11-18-8-9-19(20(10-18)31-7)33-24(30)22-17(6)26-13(2)15(4)28-22/h8-10H,11H2,1-7H3. The number of nitrogens with zero attached hydrogens (tertiary/aromatic N) is 4. The first-order chi connectivity index (χ1) is 15.6. The van der Waals surface area contributed by atoms with Gasteiger partial charge < -0.3 is 14.2 Å². The van der Waals surface area contributed by atoms with Crippen molar-refractivity contribution < 1.29 is 23.8 Å². The lowest BCUT2D eigenvalue weighted by Crippen LogP contribution is -2.16. The Hall–Kier alpha value is -3.88. The third-order valence-corrected chi connectivity index (χ3v) is 5.15. The van der Waals surface area contributed by atoms with E-state index in [0.29, 0.717) is 34.1 Å². The summed E-state index contributed by atoms with van der Waals surface area (Å²) in [6, 6.07) is 4.88. The molecule has 33 heavy (non-hydrogen) atoms. The Labute approximate surface area is 192 Å². The number of aryl methyl sites for hydroxylation is 6. The van der Waals surface area contributed by atoms with E-state index in [2.05, 4.69) is 19.9 Å². The van der Waals surface area contributed by atoms with Gasteiger partial charge in [0.05, 0.1) is 41.3 Å². The maximum absolute atomic E-state index is 12.6. The fourth-order valence-electron chi connectivity index (χ4n) is 3.07. The van der Waals surface area contributed by atoms with Gasteiger partial charge in [0.2, 0.25) is 0 Å². The molecular weight excluding hydrogens is 424 g/mol. The zero-order chi connectivity index (χ0) is 24.3. The molecule has 0 atom stereocenters. The molecule has 2 aromatic heterocycles. The van der Waals surface area contributed by atoms with Gasteiger partial charge in [-0.25, -0.2) is 19.6 Å². The second-order valence-electron chi connectivity index (χ2n) is 7.61. The summed E-state index contributed by atoms with van der Waals surface area (Å²) in [6.45, 7) is 10.6. The average molecular weight is 450 g/mol. The Kier molecular flexibility index (Phi) is 7.01. The van der Waals surface area contributed by atoms with E-state index >= 15 is 0 Å². The smallest absolute Gasteiger partial charge is 0.364 e. The van der Waals surface area contributed by atoms with Crippen molar-refractivity contribution in [3.8, 4) is 11.5 Å². The molecule has 0 bridgehead atoms. The average Bonchev–Trinajstić information content (AvgIpc) is 2.77. The summed E-state index contributed by atoms with van der Waals surface area (Å²) in [7, 11) is 1.46. The summed E-state index contributed by atoms with van der Waals surface area (Å²) in [6.07, 6.45) is 0. The number of carbonyl (C=O) groups excluding carboxylic acids is 2. The Morgan fingerprint density at radius 2 is 1.21 bits per heavy atom. The Balaban J connectivity index is 1.73. The molecule has 0 fully saturated rings. The zero-order valence-electron chi connectivity index (χ0n) is 19.8. The minimum absolute atomic E-state index is 0.0147. The van der Waals surface area contributed by atoms with Crippen LogP contribution in [0.5, 0.6) is 11.5 Å². The quantitative estimate of drug-likeness (QED) is 0.409. The van der Waals surface area contributed by atoms with Crippen molar-refractivity contribution >= 4 is 11.9 Å². The lowest BCUT2D eigenvalue weighted by atomic mass is 10.2. The van der Waals surface area contributed by atoms with Crippen LogP contribution >= 0.6 is 0 Å². The predicted octanol–water partition coefficient (Wildman–Crippen LogP) is 3.70. The molecule has 1 aromatic carbocycles. The lowest BCUT2D eigenvalue weighted by molar-refractivity contribution is 0.0463. The molecule has 0 radical (unpaired) electrons. The molecular formula is C24H26N4O5. The summed E-state index contributed by atoms with van der Waals surface area (Å²) in [4.78, 5) is 42.3. The largest absolute Gasteiger partial charge is 0.493 e. The van der Waals surface area contributed by atoms with Crippen LogP contribution in [-0.4, -0.2) is 39.0 Å². The van der Waals surface area contributed by atoms with Gasteiger partial charge in [-0.3, -0.25) is 9.97 Å². The van der Waals surface area contributed by atoms with Gasteiger partial charge in [0, 0.05) is 0 Å². The number of hydrogen-bond acceptors (Lipinski definition) is 9. The molecule has 9 nitrogen and oxygen atoms in total. The number of rotatable bonds is 6. The van der Waals surface area contributed by atoms with Crippen LogP contribution in [0.15, 0.2) is 18.2 Å². The van der Waals surface area contributed by atoms with Crippen molar-refractivity contribution in [2.75, 3.05) is 7.11 Å². The van der Waals surface area contributed by atoms with Crippen LogP contribution in [0.2, 0.25) is 0 Å². The second kappa shape index (κ2) is 9.72. The normalized spacial score (nSPS) is 10.6. The summed E-state index contributed by atoms with van der Waals surface area (Å²) in [5.41, 5.74) is 4.80. The van der Waals surface area contributed by atoms with E-state index < -0.39 is 11.9 Å². The van der Waals surface area contributed by atoms with Gasteiger partial charge in [-0.15, -0.1) is 0 Å². The fourth-order valence-corrected chi connectivity index (χ4v) is 3.07. The van der Waals surface area contributed by atoms with Gasteiger partial charge >= 0.3 is 11.9 Å². The monoisotopic (exact) mass is 450 g/mol. The van der Waals surface area contributed by atoms with Crippen molar-refractivity contribution in [3.05, 3.63) is 69.3 Å². The number of methoxy groups -OCH3 is 1. The predicted molar refractivity (Wildman–Crippen MR) is 120 cm³/mol. The Morgan fingerprint density at radius 1 is 0.697 bits per heavy atom. The molecule has 0 saturated heterocycles. The molecule has 3 rings (SSSR count).